The van der Waals surface area contributed by atoms with Crippen molar-refractivity contribution >= 4 is 23.4 Å². The van der Waals surface area contributed by atoms with Gasteiger partial charge in [-0.15, -0.1) is 0 Å². The lowest BCUT2D eigenvalue weighted by molar-refractivity contribution is -0.132. The molecule has 0 saturated carbocycles. The molecule has 0 radical (unpaired) electrons. The number of aromatic nitrogens is 1. The van der Waals surface area contributed by atoms with Crippen molar-refractivity contribution in [3.8, 4) is 11.4 Å². The molecule has 2 heterocycles. The monoisotopic (exact) mass is 451 g/mol. The molecule has 2 aromatic carbocycles. The number of nitrogens with one attached hydrogen (secondary N) is 1. The Morgan fingerprint density at radius 1 is 1.06 bits per heavy atom. The third-order valence-corrected chi connectivity index (χ3v) is 6.00. The van der Waals surface area contributed by atoms with Crippen LogP contribution in [0.5, 0.6) is 5.75 Å². The SMILES string of the molecule is COc1cc(-n2cccc2)c(Cl)cc1C(=O)N[C@@H](Cc1ccccc1)C(=O)N1CCCC1. The number of hydrogen-bond acceptors (Lipinski definition) is 3. The van der Waals surface area contributed by atoms with Crippen LogP contribution < -0.4 is 10.1 Å². The molecule has 166 valence electrons. The normalized spacial score (nSPS) is 14.2. The van der Waals surface area contributed by atoms with E-state index in [1.54, 1.807) is 12.1 Å². The molecule has 1 aromatic heterocycles. The van der Waals surface area contributed by atoms with Crippen LogP contribution in [0.25, 0.3) is 5.69 Å². The second-order valence-electron chi connectivity index (χ2n) is 7.84. The Hall–Kier alpha value is -3.25. The average Bonchev–Trinajstić information content (AvgIpc) is 3.53. The second-order valence-corrected chi connectivity index (χ2v) is 8.25. The Morgan fingerprint density at radius 3 is 2.41 bits per heavy atom. The van der Waals surface area contributed by atoms with E-state index in [1.165, 1.54) is 7.11 Å². The lowest BCUT2D eigenvalue weighted by Crippen LogP contribution is -2.49. The molecule has 7 heteroatoms. The predicted molar refractivity (Wildman–Crippen MR) is 125 cm³/mol. The van der Waals surface area contributed by atoms with E-state index in [9.17, 15) is 9.59 Å². The lowest BCUT2D eigenvalue weighted by atomic mass is 10.0. The first-order valence-electron chi connectivity index (χ1n) is 10.7. The van der Waals surface area contributed by atoms with Gasteiger partial charge in [0.2, 0.25) is 5.91 Å². The summed E-state index contributed by atoms with van der Waals surface area (Å²) in [6, 6.07) is 16.1. The maximum Gasteiger partial charge on any atom is 0.255 e. The minimum atomic E-state index is -0.671. The van der Waals surface area contributed by atoms with Crippen molar-refractivity contribution in [3.63, 3.8) is 0 Å². The molecule has 0 spiro atoms. The fourth-order valence-electron chi connectivity index (χ4n) is 4.03. The molecule has 1 aliphatic heterocycles. The highest BCUT2D eigenvalue weighted by Gasteiger charge is 2.29. The fraction of sp³-hybridized carbons (Fsp3) is 0.280. The summed E-state index contributed by atoms with van der Waals surface area (Å²) in [4.78, 5) is 28.3. The Bertz CT molecular complexity index is 1080. The first kappa shape index (κ1) is 22.0. The van der Waals surface area contributed by atoms with Crippen LogP contribution >= 0.6 is 11.6 Å². The largest absolute Gasteiger partial charge is 0.496 e. The molecule has 1 saturated heterocycles. The van der Waals surface area contributed by atoms with Gasteiger partial charge >= 0.3 is 0 Å². The van der Waals surface area contributed by atoms with Gasteiger partial charge in [0.1, 0.15) is 11.8 Å². The van der Waals surface area contributed by atoms with Gasteiger partial charge in [-0.25, -0.2) is 0 Å². The number of ether oxygens (including phenoxy) is 1. The molecule has 32 heavy (non-hydrogen) atoms. The zero-order valence-corrected chi connectivity index (χ0v) is 18.7. The van der Waals surface area contributed by atoms with Gasteiger partial charge in [0, 0.05) is 38.0 Å². The molecular weight excluding hydrogens is 426 g/mol. The van der Waals surface area contributed by atoms with E-state index in [0.29, 0.717) is 28.4 Å². The highest BCUT2D eigenvalue weighted by molar-refractivity contribution is 6.33. The van der Waals surface area contributed by atoms with E-state index >= 15 is 0 Å². The number of amides is 2. The number of nitrogens with zero attached hydrogens (tertiary/aromatic N) is 2. The van der Waals surface area contributed by atoms with Gasteiger partial charge in [0.15, 0.2) is 0 Å². The highest BCUT2D eigenvalue weighted by Crippen LogP contribution is 2.30. The standard InChI is InChI=1S/C25H26ClN3O3/c1-32-23-17-22(28-11-5-6-12-28)20(26)16-19(23)24(30)27-21(15-18-9-3-2-4-10-18)25(31)29-13-7-8-14-29/h2-6,9-12,16-17,21H,7-8,13-15H2,1H3,(H,27,30)/t21-/m0/s1. The van der Waals surface area contributed by atoms with Gasteiger partial charge in [-0.2, -0.15) is 0 Å². The Kier molecular flexibility index (Phi) is 6.81. The van der Waals surface area contributed by atoms with Crippen molar-refractivity contribution in [3.05, 3.63) is 83.1 Å². The number of methoxy groups -OCH3 is 1. The molecule has 0 bridgehead atoms. The molecule has 1 N–H and O–H groups in total. The predicted octanol–water partition coefficient (Wildman–Crippen LogP) is 4.10. The summed E-state index contributed by atoms with van der Waals surface area (Å²) in [5, 5.41) is 3.35. The summed E-state index contributed by atoms with van der Waals surface area (Å²) in [6.07, 6.45) is 6.12. The van der Waals surface area contributed by atoms with Gasteiger partial charge in [-0.05, 0) is 36.6 Å². The minimum Gasteiger partial charge on any atom is -0.496 e. The second kappa shape index (κ2) is 9.92. The summed E-state index contributed by atoms with van der Waals surface area (Å²) in [5.74, 6) is -0.0623. The quantitative estimate of drug-likeness (QED) is 0.588. The van der Waals surface area contributed by atoms with Crippen LogP contribution in [0.2, 0.25) is 5.02 Å². The van der Waals surface area contributed by atoms with Crippen molar-refractivity contribution < 1.29 is 14.3 Å². The summed E-state index contributed by atoms with van der Waals surface area (Å²) in [6.45, 7) is 1.45. The van der Waals surface area contributed by atoms with Gasteiger partial charge in [-0.3, -0.25) is 9.59 Å². The molecule has 1 atom stereocenters. The number of hydrogen-bond donors (Lipinski definition) is 1. The van der Waals surface area contributed by atoms with Crippen LogP contribution in [0.4, 0.5) is 0 Å². The number of carbonyl (C=O) groups excluding carboxylic acids is 2. The average molecular weight is 452 g/mol. The van der Waals surface area contributed by atoms with Crippen LogP contribution in [0.15, 0.2) is 67.0 Å². The van der Waals surface area contributed by atoms with Crippen LogP contribution in [0.3, 0.4) is 0 Å². The number of carbonyl (C=O) groups is 2. The Morgan fingerprint density at radius 2 is 1.75 bits per heavy atom. The topological polar surface area (TPSA) is 63.6 Å². The van der Waals surface area contributed by atoms with Crippen molar-refractivity contribution in [1.29, 1.82) is 0 Å². The van der Waals surface area contributed by atoms with E-state index in [4.69, 9.17) is 16.3 Å². The van der Waals surface area contributed by atoms with Crippen molar-refractivity contribution in [2.45, 2.75) is 25.3 Å². The fourth-order valence-corrected chi connectivity index (χ4v) is 4.29. The summed E-state index contributed by atoms with van der Waals surface area (Å²) in [5.41, 5.74) is 1.98. The van der Waals surface area contributed by atoms with Gasteiger partial charge < -0.3 is 19.5 Å². The summed E-state index contributed by atoms with van der Waals surface area (Å²) < 4.78 is 7.34. The van der Waals surface area contributed by atoms with Gasteiger partial charge in [0.05, 0.1) is 23.4 Å². The minimum absolute atomic E-state index is 0.0614. The first-order chi connectivity index (χ1) is 15.6. The van der Waals surface area contributed by atoms with Crippen LogP contribution in [-0.2, 0) is 11.2 Å². The van der Waals surface area contributed by atoms with E-state index < -0.39 is 11.9 Å². The molecule has 0 aliphatic carbocycles. The molecule has 3 aromatic rings. The van der Waals surface area contributed by atoms with Crippen molar-refractivity contribution in [2.75, 3.05) is 20.2 Å². The van der Waals surface area contributed by atoms with E-state index in [-0.39, 0.29) is 5.91 Å². The molecule has 4 rings (SSSR count). The molecule has 6 nitrogen and oxygen atoms in total. The number of rotatable bonds is 7. The molecule has 1 fully saturated rings. The third kappa shape index (κ3) is 4.81. The maximum absolute atomic E-state index is 13.3. The van der Waals surface area contributed by atoms with Gasteiger partial charge in [-0.1, -0.05) is 41.9 Å². The van der Waals surface area contributed by atoms with Crippen LogP contribution in [0, 0.1) is 0 Å². The van der Waals surface area contributed by atoms with E-state index in [2.05, 4.69) is 5.32 Å². The van der Waals surface area contributed by atoms with Crippen molar-refractivity contribution in [1.82, 2.24) is 14.8 Å². The maximum atomic E-state index is 13.3. The highest BCUT2D eigenvalue weighted by atomic mass is 35.5. The van der Waals surface area contributed by atoms with Crippen LogP contribution in [-0.4, -0.2) is 47.5 Å². The summed E-state index contributed by atoms with van der Waals surface area (Å²) >= 11 is 6.49. The molecule has 1 aliphatic rings. The number of benzene rings is 2. The Balaban J connectivity index is 1.61. The Labute approximate surface area is 192 Å². The van der Waals surface area contributed by atoms with Crippen LogP contribution in [0.1, 0.15) is 28.8 Å². The molecular formula is C25H26ClN3O3. The number of likely N-dealkylation sites (tertiary alicyclic amines) is 1. The summed E-state index contributed by atoms with van der Waals surface area (Å²) in [7, 11) is 1.51. The van der Waals surface area contributed by atoms with E-state index in [1.807, 2.05) is 64.3 Å². The van der Waals surface area contributed by atoms with E-state index in [0.717, 1.165) is 31.5 Å². The molecule has 2 amide bonds. The zero-order chi connectivity index (χ0) is 22.5. The van der Waals surface area contributed by atoms with Crippen molar-refractivity contribution in [2.24, 2.45) is 0 Å². The number of halogens is 1. The van der Waals surface area contributed by atoms with Gasteiger partial charge in [0.25, 0.3) is 5.91 Å². The third-order valence-electron chi connectivity index (χ3n) is 5.70. The lowest BCUT2D eigenvalue weighted by Gasteiger charge is -2.24. The molecule has 0 unspecified atom stereocenters. The smallest absolute Gasteiger partial charge is 0.255 e. The first-order valence-corrected chi connectivity index (χ1v) is 11.1. The zero-order valence-electron chi connectivity index (χ0n) is 18.0.